The molecule has 1 N–H and O–H groups in total. The summed E-state index contributed by atoms with van der Waals surface area (Å²) in [6, 6.07) is 1.62. The number of aromatic nitrogens is 1. The Morgan fingerprint density at radius 2 is 2.21 bits per heavy atom. The number of piperidine rings is 1. The van der Waals surface area contributed by atoms with Gasteiger partial charge in [0.2, 0.25) is 5.91 Å². The number of nitrogens with one attached hydrogen (secondary N) is 1. The summed E-state index contributed by atoms with van der Waals surface area (Å²) in [5.74, 6) is -0.0526. The quantitative estimate of drug-likeness (QED) is 0.683. The van der Waals surface area contributed by atoms with Crippen molar-refractivity contribution >= 4 is 23.3 Å². The van der Waals surface area contributed by atoms with Gasteiger partial charge in [-0.3, -0.25) is 9.59 Å². The lowest BCUT2D eigenvalue weighted by Crippen LogP contribution is -2.38. The molecule has 1 aromatic rings. The molecular formula is C14H19ClN2O2. The third-order valence-electron chi connectivity index (χ3n) is 3.68. The van der Waals surface area contributed by atoms with Crippen LogP contribution in [-0.2, 0) is 4.79 Å². The molecule has 2 atom stereocenters. The highest BCUT2D eigenvalue weighted by Gasteiger charge is 2.28. The summed E-state index contributed by atoms with van der Waals surface area (Å²) in [6.45, 7) is 6.20. The monoisotopic (exact) mass is 282 g/mol. The second-order valence-electron chi connectivity index (χ2n) is 5.08. The molecule has 0 bridgehead atoms. The number of carbonyl (C=O) groups is 2. The molecule has 2 unspecified atom stereocenters. The summed E-state index contributed by atoms with van der Waals surface area (Å²) in [5.41, 5.74) is 2.38. The predicted molar refractivity (Wildman–Crippen MR) is 74.8 cm³/mol. The average molecular weight is 283 g/mol. The predicted octanol–water partition coefficient (Wildman–Crippen LogP) is 2.37. The highest BCUT2D eigenvalue weighted by atomic mass is 35.5. The Morgan fingerprint density at radius 3 is 2.79 bits per heavy atom. The number of halogens is 1. The van der Waals surface area contributed by atoms with E-state index in [1.54, 1.807) is 6.92 Å². The van der Waals surface area contributed by atoms with Crippen LogP contribution in [0.5, 0.6) is 0 Å². The molecule has 0 spiro atoms. The average Bonchev–Trinajstić information content (AvgIpc) is 2.65. The molecule has 1 amide bonds. The number of ketones is 1. The smallest absolute Gasteiger partial charge is 0.243 e. The van der Waals surface area contributed by atoms with Gasteiger partial charge in [0.25, 0.3) is 0 Å². The van der Waals surface area contributed by atoms with Crippen molar-refractivity contribution in [2.75, 3.05) is 6.54 Å². The zero-order chi connectivity index (χ0) is 14.2. The van der Waals surface area contributed by atoms with Crippen molar-refractivity contribution in [3.05, 3.63) is 23.0 Å². The van der Waals surface area contributed by atoms with Crippen molar-refractivity contribution in [2.45, 2.75) is 45.0 Å². The summed E-state index contributed by atoms with van der Waals surface area (Å²) in [5, 5.41) is 2.33. The molecule has 104 valence electrons. The standard InChI is InChI=1S/C14H19ClN2O2/c1-8-7-11(13(18)9(2)15)10(3)17(8)12-5-4-6-16-14(12)19/h7,9,12H,4-6H2,1-3H3,(H,16,19). The fourth-order valence-corrected chi connectivity index (χ4v) is 2.84. The van der Waals surface area contributed by atoms with Crippen molar-refractivity contribution in [3.8, 4) is 0 Å². The van der Waals surface area contributed by atoms with Crippen molar-refractivity contribution in [2.24, 2.45) is 0 Å². The van der Waals surface area contributed by atoms with Crippen LogP contribution in [0.25, 0.3) is 0 Å². The molecule has 2 heterocycles. The van der Waals surface area contributed by atoms with Gasteiger partial charge in [-0.25, -0.2) is 0 Å². The molecule has 0 aliphatic carbocycles. The zero-order valence-electron chi connectivity index (χ0n) is 11.5. The molecule has 1 saturated heterocycles. The zero-order valence-corrected chi connectivity index (χ0v) is 12.3. The normalized spacial score (nSPS) is 21.1. The lowest BCUT2D eigenvalue weighted by Gasteiger charge is -2.26. The van der Waals surface area contributed by atoms with E-state index in [1.165, 1.54) is 0 Å². The van der Waals surface area contributed by atoms with Crippen LogP contribution in [0.1, 0.15) is 47.6 Å². The Bertz CT molecular complexity index is 520. The summed E-state index contributed by atoms with van der Waals surface area (Å²) in [7, 11) is 0. The SMILES string of the molecule is Cc1cc(C(=O)C(C)Cl)c(C)n1C1CCCNC1=O. The minimum Gasteiger partial charge on any atom is -0.354 e. The summed E-state index contributed by atoms with van der Waals surface area (Å²) in [6.07, 6.45) is 1.77. The van der Waals surface area contributed by atoms with Gasteiger partial charge in [0, 0.05) is 23.5 Å². The maximum absolute atomic E-state index is 12.0. The molecule has 19 heavy (non-hydrogen) atoms. The molecule has 1 aliphatic heterocycles. The topological polar surface area (TPSA) is 51.1 Å². The van der Waals surface area contributed by atoms with Gasteiger partial charge in [-0.2, -0.15) is 0 Å². The second kappa shape index (κ2) is 5.37. The van der Waals surface area contributed by atoms with Gasteiger partial charge >= 0.3 is 0 Å². The van der Waals surface area contributed by atoms with Gasteiger partial charge in [0.1, 0.15) is 6.04 Å². The molecule has 5 heteroatoms. The third kappa shape index (κ3) is 2.54. The van der Waals surface area contributed by atoms with Gasteiger partial charge in [-0.1, -0.05) is 0 Å². The van der Waals surface area contributed by atoms with Crippen molar-refractivity contribution in [1.29, 1.82) is 0 Å². The van der Waals surface area contributed by atoms with Crippen molar-refractivity contribution in [1.82, 2.24) is 9.88 Å². The molecule has 1 aromatic heterocycles. The Morgan fingerprint density at radius 1 is 1.53 bits per heavy atom. The highest BCUT2D eigenvalue weighted by molar-refractivity contribution is 6.33. The molecule has 0 saturated carbocycles. The lowest BCUT2D eigenvalue weighted by molar-refractivity contribution is -0.125. The fourth-order valence-electron chi connectivity index (χ4n) is 2.72. The number of aryl methyl sites for hydroxylation is 1. The van der Waals surface area contributed by atoms with Crippen LogP contribution in [-0.4, -0.2) is 28.2 Å². The Kier molecular flexibility index (Phi) is 3.99. The van der Waals surface area contributed by atoms with E-state index in [9.17, 15) is 9.59 Å². The van der Waals surface area contributed by atoms with Crippen molar-refractivity contribution < 1.29 is 9.59 Å². The fraction of sp³-hybridized carbons (Fsp3) is 0.571. The van der Waals surface area contributed by atoms with Gasteiger partial charge in [0.15, 0.2) is 5.78 Å². The number of hydrogen-bond donors (Lipinski definition) is 1. The molecule has 0 radical (unpaired) electrons. The number of nitrogens with zero attached hydrogens (tertiary/aromatic N) is 1. The summed E-state index contributed by atoms with van der Waals surface area (Å²) in [4.78, 5) is 24.0. The molecule has 4 nitrogen and oxygen atoms in total. The maximum atomic E-state index is 12.0. The minimum absolute atomic E-state index is 0.0333. The van der Waals surface area contributed by atoms with E-state index < -0.39 is 5.38 Å². The van der Waals surface area contributed by atoms with Crippen LogP contribution in [0.15, 0.2) is 6.07 Å². The molecule has 0 aromatic carbocycles. The summed E-state index contributed by atoms with van der Waals surface area (Å²) < 4.78 is 1.96. The number of alkyl halides is 1. The van der Waals surface area contributed by atoms with Gasteiger partial charge in [-0.05, 0) is 39.7 Å². The first-order valence-corrected chi connectivity index (χ1v) is 7.01. The van der Waals surface area contributed by atoms with E-state index >= 15 is 0 Å². The van der Waals surface area contributed by atoms with Crippen LogP contribution in [0.2, 0.25) is 0 Å². The van der Waals surface area contributed by atoms with Gasteiger partial charge in [0.05, 0.1) is 5.38 Å². The number of Topliss-reactive ketones (excluding diaryl/α,β-unsaturated/α-hetero) is 1. The van der Waals surface area contributed by atoms with Crippen LogP contribution in [0, 0.1) is 13.8 Å². The van der Waals surface area contributed by atoms with E-state index in [1.807, 2.05) is 24.5 Å². The molecule has 1 fully saturated rings. The molecule has 2 rings (SSSR count). The Balaban J connectivity index is 2.41. The van der Waals surface area contributed by atoms with E-state index in [0.29, 0.717) is 5.56 Å². The first kappa shape index (κ1) is 14.1. The van der Waals surface area contributed by atoms with E-state index in [4.69, 9.17) is 11.6 Å². The first-order valence-electron chi connectivity index (χ1n) is 6.58. The number of amides is 1. The number of rotatable bonds is 3. The lowest BCUT2D eigenvalue weighted by atomic mass is 10.1. The van der Waals surface area contributed by atoms with Crippen LogP contribution < -0.4 is 5.32 Å². The third-order valence-corrected chi connectivity index (χ3v) is 3.88. The second-order valence-corrected chi connectivity index (χ2v) is 5.74. The largest absolute Gasteiger partial charge is 0.354 e. The van der Waals surface area contributed by atoms with Gasteiger partial charge in [-0.15, -0.1) is 11.6 Å². The minimum atomic E-state index is -0.547. The highest BCUT2D eigenvalue weighted by Crippen LogP contribution is 2.26. The van der Waals surface area contributed by atoms with Crippen LogP contribution in [0.4, 0.5) is 0 Å². The van der Waals surface area contributed by atoms with Crippen LogP contribution >= 0.6 is 11.6 Å². The van der Waals surface area contributed by atoms with Crippen molar-refractivity contribution in [3.63, 3.8) is 0 Å². The van der Waals surface area contributed by atoms with E-state index in [0.717, 1.165) is 30.8 Å². The van der Waals surface area contributed by atoms with E-state index in [-0.39, 0.29) is 17.7 Å². The Labute approximate surface area is 118 Å². The first-order chi connectivity index (χ1) is 8.93. The Hall–Kier alpha value is -1.29. The maximum Gasteiger partial charge on any atom is 0.243 e. The number of carbonyl (C=O) groups excluding carboxylic acids is 2. The van der Waals surface area contributed by atoms with Gasteiger partial charge < -0.3 is 9.88 Å². The molecular weight excluding hydrogens is 264 g/mol. The van der Waals surface area contributed by atoms with E-state index in [2.05, 4.69) is 5.32 Å². The molecule has 1 aliphatic rings. The summed E-state index contributed by atoms with van der Waals surface area (Å²) >= 11 is 5.87. The number of hydrogen-bond acceptors (Lipinski definition) is 2. The van der Waals surface area contributed by atoms with Crippen LogP contribution in [0.3, 0.4) is 0 Å².